The van der Waals surface area contributed by atoms with Crippen LogP contribution in [0.25, 0.3) is 11.4 Å². The van der Waals surface area contributed by atoms with E-state index in [0.29, 0.717) is 18.3 Å². The molecule has 0 saturated carbocycles. The third-order valence-corrected chi connectivity index (χ3v) is 5.62. The predicted octanol–water partition coefficient (Wildman–Crippen LogP) is 3.64. The largest absolute Gasteiger partial charge is 0.497 e. The fourth-order valence-corrected chi connectivity index (χ4v) is 3.76. The molecule has 0 N–H and O–H groups in total. The van der Waals surface area contributed by atoms with Gasteiger partial charge in [-0.05, 0) is 43.2 Å². The number of methoxy groups -OCH3 is 1. The summed E-state index contributed by atoms with van der Waals surface area (Å²) in [5, 5.41) is 4.17. The topological polar surface area (TPSA) is 63.9 Å². The predicted molar refractivity (Wildman–Crippen MR) is 119 cm³/mol. The third kappa shape index (κ3) is 5.83. The molecule has 0 radical (unpaired) electrons. The molecule has 2 aromatic carbocycles. The lowest BCUT2D eigenvalue weighted by atomic mass is 10.1. The van der Waals surface area contributed by atoms with Crippen molar-refractivity contribution in [1.82, 2.24) is 19.9 Å². The van der Waals surface area contributed by atoms with E-state index in [1.807, 2.05) is 42.5 Å². The highest BCUT2D eigenvalue weighted by atomic mass is 16.5. The normalized spacial score (nSPS) is 15.2. The Morgan fingerprint density at radius 3 is 2.39 bits per heavy atom. The van der Waals surface area contributed by atoms with Crippen LogP contribution in [-0.4, -0.2) is 66.4 Å². The summed E-state index contributed by atoms with van der Waals surface area (Å²) in [4.78, 5) is 9.46. The molecule has 0 unspecified atom stereocenters. The van der Waals surface area contributed by atoms with Crippen LogP contribution in [0.5, 0.6) is 11.5 Å². The van der Waals surface area contributed by atoms with Gasteiger partial charge in [-0.2, -0.15) is 4.98 Å². The summed E-state index contributed by atoms with van der Waals surface area (Å²) >= 11 is 0. The van der Waals surface area contributed by atoms with Crippen LogP contribution in [0.4, 0.5) is 0 Å². The number of ether oxygens (including phenoxy) is 2. The van der Waals surface area contributed by atoms with Gasteiger partial charge in [0.25, 0.3) is 0 Å². The average Bonchev–Trinajstić information content (AvgIpc) is 3.26. The number of benzene rings is 2. The molecule has 1 saturated heterocycles. The number of aryl methyl sites for hydroxylation is 1. The van der Waals surface area contributed by atoms with E-state index in [1.165, 1.54) is 0 Å². The molecule has 0 amide bonds. The van der Waals surface area contributed by atoms with Crippen molar-refractivity contribution < 1.29 is 14.0 Å². The lowest BCUT2D eigenvalue weighted by Crippen LogP contribution is -2.46. The molecule has 1 aliphatic rings. The van der Waals surface area contributed by atoms with Crippen LogP contribution in [0.15, 0.2) is 53.1 Å². The first-order valence-electron chi connectivity index (χ1n) is 10.8. The van der Waals surface area contributed by atoms with Crippen LogP contribution < -0.4 is 9.47 Å². The van der Waals surface area contributed by atoms with E-state index < -0.39 is 0 Å². The SMILES string of the molecule is COc1ccc(OCCCN2CCN(Cc3nc(-c4ccccc4C)no3)CC2)cc1. The second-order valence-electron chi connectivity index (χ2n) is 7.82. The average molecular weight is 423 g/mol. The maximum Gasteiger partial charge on any atom is 0.241 e. The van der Waals surface area contributed by atoms with E-state index >= 15 is 0 Å². The van der Waals surface area contributed by atoms with Gasteiger partial charge in [-0.1, -0.05) is 29.4 Å². The van der Waals surface area contributed by atoms with E-state index in [0.717, 1.165) is 68.4 Å². The fourth-order valence-electron chi connectivity index (χ4n) is 3.76. The number of aromatic nitrogens is 2. The number of piperazine rings is 1. The quantitative estimate of drug-likeness (QED) is 0.488. The van der Waals surface area contributed by atoms with Crippen molar-refractivity contribution >= 4 is 0 Å². The molecule has 1 fully saturated rings. The Labute approximate surface area is 183 Å². The summed E-state index contributed by atoms with van der Waals surface area (Å²) in [5.74, 6) is 3.08. The van der Waals surface area contributed by atoms with Gasteiger partial charge in [-0.3, -0.25) is 4.90 Å². The van der Waals surface area contributed by atoms with Gasteiger partial charge in [0.1, 0.15) is 11.5 Å². The zero-order valence-electron chi connectivity index (χ0n) is 18.3. The van der Waals surface area contributed by atoms with Crippen LogP contribution in [0.2, 0.25) is 0 Å². The number of hydrogen-bond acceptors (Lipinski definition) is 7. The molecule has 4 rings (SSSR count). The van der Waals surface area contributed by atoms with Gasteiger partial charge >= 0.3 is 0 Å². The molecule has 7 nitrogen and oxygen atoms in total. The standard InChI is InChI=1S/C24H30N4O3/c1-19-6-3-4-7-22(19)24-25-23(31-26-24)18-28-15-13-27(14-16-28)12-5-17-30-21-10-8-20(29-2)9-11-21/h3-4,6-11H,5,12-18H2,1-2H3. The molecule has 0 spiro atoms. The van der Waals surface area contributed by atoms with E-state index in [1.54, 1.807) is 7.11 Å². The first-order valence-corrected chi connectivity index (χ1v) is 10.8. The zero-order valence-corrected chi connectivity index (χ0v) is 18.3. The van der Waals surface area contributed by atoms with Gasteiger partial charge < -0.3 is 18.9 Å². The molecule has 3 aromatic rings. The summed E-state index contributed by atoms with van der Waals surface area (Å²) in [7, 11) is 1.67. The third-order valence-electron chi connectivity index (χ3n) is 5.62. The van der Waals surface area contributed by atoms with Crippen molar-refractivity contribution in [3.8, 4) is 22.9 Å². The zero-order chi connectivity index (χ0) is 21.5. The van der Waals surface area contributed by atoms with Crippen LogP contribution in [0.1, 0.15) is 17.9 Å². The molecular formula is C24H30N4O3. The summed E-state index contributed by atoms with van der Waals surface area (Å²) in [6.07, 6.45) is 1.01. The minimum absolute atomic E-state index is 0.670. The van der Waals surface area contributed by atoms with Crippen molar-refractivity contribution in [2.75, 3.05) is 46.4 Å². The van der Waals surface area contributed by atoms with Crippen molar-refractivity contribution in [3.63, 3.8) is 0 Å². The van der Waals surface area contributed by atoms with Gasteiger partial charge in [0.15, 0.2) is 0 Å². The Bertz CT molecular complexity index is 949. The van der Waals surface area contributed by atoms with E-state index in [-0.39, 0.29) is 0 Å². The van der Waals surface area contributed by atoms with Gasteiger partial charge in [0, 0.05) is 38.3 Å². The van der Waals surface area contributed by atoms with Gasteiger partial charge in [-0.25, -0.2) is 0 Å². The summed E-state index contributed by atoms with van der Waals surface area (Å²) in [5.41, 5.74) is 2.18. The van der Waals surface area contributed by atoms with E-state index in [4.69, 9.17) is 14.0 Å². The smallest absolute Gasteiger partial charge is 0.241 e. The molecule has 2 heterocycles. The van der Waals surface area contributed by atoms with Gasteiger partial charge in [-0.15, -0.1) is 0 Å². The lowest BCUT2D eigenvalue weighted by Gasteiger charge is -2.33. The molecule has 164 valence electrons. The van der Waals surface area contributed by atoms with Crippen LogP contribution in [0.3, 0.4) is 0 Å². The first-order chi connectivity index (χ1) is 15.2. The summed E-state index contributed by atoms with van der Waals surface area (Å²) < 4.78 is 16.5. The van der Waals surface area contributed by atoms with Crippen LogP contribution in [0, 0.1) is 6.92 Å². The Kier molecular flexibility index (Phi) is 7.17. The number of rotatable bonds is 9. The number of hydrogen-bond donors (Lipinski definition) is 0. The molecule has 1 aromatic heterocycles. The first kappa shape index (κ1) is 21.3. The van der Waals surface area contributed by atoms with Gasteiger partial charge in [0.2, 0.25) is 11.7 Å². The summed E-state index contributed by atoms with van der Waals surface area (Å²) in [6.45, 7) is 8.61. The molecule has 1 aliphatic heterocycles. The second-order valence-corrected chi connectivity index (χ2v) is 7.82. The Morgan fingerprint density at radius 2 is 1.65 bits per heavy atom. The van der Waals surface area contributed by atoms with Crippen LogP contribution in [-0.2, 0) is 6.54 Å². The fraction of sp³-hybridized carbons (Fsp3) is 0.417. The van der Waals surface area contributed by atoms with Crippen LogP contribution >= 0.6 is 0 Å². The van der Waals surface area contributed by atoms with Gasteiger partial charge in [0.05, 0.1) is 20.3 Å². The van der Waals surface area contributed by atoms with E-state index in [9.17, 15) is 0 Å². The number of nitrogens with zero attached hydrogens (tertiary/aromatic N) is 4. The molecule has 31 heavy (non-hydrogen) atoms. The summed E-state index contributed by atoms with van der Waals surface area (Å²) in [6, 6.07) is 15.8. The highest BCUT2D eigenvalue weighted by Crippen LogP contribution is 2.20. The Balaban J connectivity index is 1.16. The van der Waals surface area contributed by atoms with E-state index in [2.05, 4.69) is 32.9 Å². The maximum absolute atomic E-state index is 5.82. The molecular weight excluding hydrogens is 392 g/mol. The Morgan fingerprint density at radius 1 is 0.935 bits per heavy atom. The van der Waals surface area contributed by atoms with Crippen molar-refractivity contribution in [2.45, 2.75) is 19.9 Å². The maximum atomic E-state index is 5.82. The molecule has 0 bridgehead atoms. The lowest BCUT2D eigenvalue weighted by molar-refractivity contribution is 0.112. The van der Waals surface area contributed by atoms with Crippen molar-refractivity contribution in [3.05, 3.63) is 60.0 Å². The molecule has 0 atom stereocenters. The highest BCUT2D eigenvalue weighted by Gasteiger charge is 2.19. The minimum atomic E-state index is 0.670. The molecule has 7 heteroatoms. The van der Waals surface area contributed by atoms with Crippen molar-refractivity contribution in [2.24, 2.45) is 0 Å². The van der Waals surface area contributed by atoms with Crippen molar-refractivity contribution in [1.29, 1.82) is 0 Å². The minimum Gasteiger partial charge on any atom is -0.497 e. The highest BCUT2D eigenvalue weighted by molar-refractivity contribution is 5.58. The Hall–Kier alpha value is -2.90. The monoisotopic (exact) mass is 422 g/mol. The molecule has 0 aliphatic carbocycles. The second kappa shape index (κ2) is 10.4.